The highest BCUT2D eigenvalue weighted by molar-refractivity contribution is 6.30. The Bertz CT molecular complexity index is 237. The number of rotatable bonds is 4. The minimum atomic E-state index is 0.118. The molecule has 1 unspecified atom stereocenters. The molecule has 1 aromatic heterocycles. The normalized spacial score (nSPS) is 13.2. The molecule has 1 aromatic rings. The van der Waals surface area contributed by atoms with Crippen LogP contribution in [0, 0.1) is 0 Å². The van der Waals surface area contributed by atoms with Crippen molar-refractivity contribution in [2.75, 3.05) is 6.61 Å². The lowest BCUT2D eigenvalue weighted by Crippen LogP contribution is -2.28. The summed E-state index contributed by atoms with van der Waals surface area (Å²) < 4.78 is 0. The molecule has 1 heterocycles. The van der Waals surface area contributed by atoms with E-state index in [4.69, 9.17) is 16.7 Å². The van der Waals surface area contributed by atoms with E-state index >= 15 is 0 Å². The average Bonchev–Trinajstić information content (AvgIpc) is 2.47. The van der Waals surface area contributed by atoms with Crippen molar-refractivity contribution in [1.29, 1.82) is 0 Å². The van der Waals surface area contributed by atoms with Gasteiger partial charge in [0.2, 0.25) is 0 Å². The highest BCUT2D eigenvalue weighted by Gasteiger charge is 2.00. The maximum Gasteiger partial charge on any atom is 0.0583 e. The fourth-order valence-corrected chi connectivity index (χ4v) is 1.05. The third kappa shape index (κ3) is 2.85. The second-order valence-electron chi connectivity index (χ2n) is 2.81. The van der Waals surface area contributed by atoms with Gasteiger partial charge in [-0.1, -0.05) is 11.6 Å². The molecule has 0 aliphatic rings. The van der Waals surface area contributed by atoms with Crippen molar-refractivity contribution in [3.63, 3.8) is 0 Å². The number of aromatic nitrogens is 1. The van der Waals surface area contributed by atoms with Crippen molar-refractivity contribution in [2.24, 2.45) is 0 Å². The van der Waals surface area contributed by atoms with E-state index in [-0.39, 0.29) is 12.6 Å². The number of aromatic amines is 1. The molecule has 3 nitrogen and oxygen atoms in total. The Morgan fingerprint density at radius 3 is 3.00 bits per heavy atom. The van der Waals surface area contributed by atoms with E-state index in [1.165, 1.54) is 0 Å². The number of hydrogen-bond donors (Lipinski definition) is 3. The summed E-state index contributed by atoms with van der Waals surface area (Å²) in [5.41, 5.74) is 1.03. The summed E-state index contributed by atoms with van der Waals surface area (Å²) in [7, 11) is 0. The second kappa shape index (κ2) is 4.50. The van der Waals surface area contributed by atoms with E-state index in [9.17, 15) is 0 Å². The van der Waals surface area contributed by atoms with Gasteiger partial charge in [0.15, 0.2) is 0 Å². The molecule has 1 rings (SSSR count). The summed E-state index contributed by atoms with van der Waals surface area (Å²) in [5.74, 6) is 0. The molecule has 0 saturated heterocycles. The number of aliphatic hydroxyl groups is 1. The largest absolute Gasteiger partial charge is 0.395 e. The van der Waals surface area contributed by atoms with Gasteiger partial charge >= 0.3 is 0 Å². The van der Waals surface area contributed by atoms with Crippen LogP contribution < -0.4 is 5.32 Å². The predicted molar refractivity (Wildman–Crippen MR) is 49.2 cm³/mol. The maximum atomic E-state index is 8.72. The summed E-state index contributed by atoms with van der Waals surface area (Å²) in [6.45, 7) is 2.77. The molecule has 3 N–H and O–H groups in total. The molecule has 68 valence electrons. The molecule has 4 heteroatoms. The first-order valence-corrected chi connectivity index (χ1v) is 4.27. The molecule has 0 aliphatic heterocycles. The van der Waals surface area contributed by atoms with Crippen LogP contribution in [-0.4, -0.2) is 22.7 Å². The predicted octanol–water partition coefficient (Wildman–Crippen LogP) is 1.14. The Balaban J connectivity index is 2.33. The zero-order valence-corrected chi connectivity index (χ0v) is 7.73. The Morgan fingerprint density at radius 2 is 2.50 bits per heavy atom. The van der Waals surface area contributed by atoms with Gasteiger partial charge in [0.25, 0.3) is 0 Å². The van der Waals surface area contributed by atoms with Crippen LogP contribution in [0.3, 0.4) is 0 Å². The van der Waals surface area contributed by atoms with Crippen molar-refractivity contribution >= 4 is 11.6 Å². The molecule has 1 atom stereocenters. The molecular formula is C8H13ClN2O. The molecule has 0 aromatic carbocycles. The van der Waals surface area contributed by atoms with E-state index in [0.717, 1.165) is 5.69 Å². The van der Waals surface area contributed by atoms with Crippen molar-refractivity contribution in [3.8, 4) is 0 Å². The van der Waals surface area contributed by atoms with Gasteiger partial charge in [-0.25, -0.2) is 0 Å². The first-order chi connectivity index (χ1) is 5.72. The number of nitrogens with one attached hydrogen (secondary N) is 2. The minimum absolute atomic E-state index is 0.118. The van der Waals surface area contributed by atoms with E-state index < -0.39 is 0 Å². The molecular weight excluding hydrogens is 176 g/mol. The molecule has 0 fully saturated rings. The lowest BCUT2D eigenvalue weighted by molar-refractivity contribution is 0.250. The summed E-state index contributed by atoms with van der Waals surface area (Å²) >= 11 is 5.70. The number of hydrogen-bond acceptors (Lipinski definition) is 2. The van der Waals surface area contributed by atoms with Crippen LogP contribution >= 0.6 is 11.6 Å². The fraction of sp³-hybridized carbons (Fsp3) is 0.500. The first kappa shape index (κ1) is 9.58. The summed E-state index contributed by atoms with van der Waals surface area (Å²) in [4.78, 5) is 3.01. The van der Waals surface area contributed by atoms with Crippen molar-refractivity contribution in [2.45, 2.75) is 19.5 Å². The second-order valence-corrected chi connectivity index (χ2v) is 3.24. The number of halogens is 1. The molecule has 0 saturated carbocycles. The van der Waals surface area contributed by atoms with E-state index in [2.05, 4.69) is 10.3 Å². The van der Waals surface area contributed by atoms with Crippen molar-refractivity contribution in [3.05, 3.63) is 23.0 Å². The Kier molecular flexibility index (Phi) is 3.59. The van der Waals surface area contributed by atoms with Gasteiger partial charge in [0.05, 0.1) is 11.6 Å². The fourth-order valence-electron chi connectivity index (χ4n) is 0.862. The van der Waals surface area contributed by atoms with Gasteiger partial charge < -0.3 is 15.4 Å². The van der Waals surface area contributed by atoms with Crippen LogP contribution in [0.15, 0.2) is 12.3 Å². The van der Waals surface area contributed by atoms with Crippen LogP contribution in [-0.2, 0) is 6.54 Å². The molecule has 0 amide bonds. The van der Waals surface area contributed by atoms with Gasteiger partial charge in [-0.3, -0.25) is 0 Å². The lowest BCUT2D eigenvalue weighted by Gasteiger charge is -2.08. The highest BCUT2D eigenvalue weighted by atomic mass is 35.5. The topological polar surface area (TPSA) is 48.0 Å². The summed E-state index contributed by atoms with van der Waals surface area (Å²) in [5, 5.41) is 12.6. The molecule has 0 aliphatic carbocycles. The van der Waals surface area contributed by atoms with Gasteiger partial charge in [0.1, 0.15) is 0 Å². The van der Waals surface area contributed by atoms with Crippen LogP contribution in [0.25, 0.3) is 0 Å². The average molecular weight is 189 g/mol. The highest BCUT2D eigenvalue weighted by Crippen LogP contribution is 2.08. The van der Waals surface area contributed by atoms with Gasteiger partial charge in [-0.15, -0.1) is 0 Å². The zero-order valence-electron chi connectivity index (χ0n) is 6.97. The molecule has 0 spiro atoms. The Hall–Kier alpha value is -0.510. The summed E-state index contributed by atoms with van der Waals surface area (Å²) in [6, 6.07) is 1.98. The van der Waals surface area contributed by atoms with Crippen molar-refractivity contribution in [1.82, 2.24) is 10.3 Å². The first-order valence-electron chi connectivity index (χ1n) is 3.89. The van der Waals surface area contributed by atoms with Gasteiger partial charge in [-0.2, -0.15) is 0 Å². The van der Waals surface area contributed by atoms with Gasteiger partial charge in [-0.05, 0) is 13.0 Å². The summed E-state index contributed by atoms with van der Waals surface area (Å²) in [6.07, 6.45) is 1.74. The quantitative estimate of drug-likeness (QED) is 0.664. The third-order valence-corrected chi connectivity index (χ3v) is 1.84. The van der Waals surface area contributed by atoms with Crippen LogP contribution in [0.4, 0.5) is 0 Å². The Labute approximate surface area is 76.7 Å². The van der Waals surface area contributed by atoms with E-state index in [0.29, 0.717) is 11.6 Å². The monoisotopic (exact) mass is 188 g/mol. The maximum absolute atomic E-state index is 8.72. The number of aliphatic hydroxyl groups excluding tert-OH is 1. The SMILES string of the molecule is CC(CO)NCc1cc(Cl)c[nH]1. The van der Waals surface area contributed by atoms with Crippen LogP contribution in [0.2, 0.25) is 5.02 Å². The van der Waals surface area contributed by atoms with Gasteiger partial charge in [0, 0.05) is 24.5 Å². The smallest absolute Gasteiger partial charge is 0.0583 e. The number of H-pyrrole nitrogens is 1. The van der Waals surface area contributed by atoms with Crippen LogP contribution in [0.1, 0.15) is 12.6 Å². The molecule has 12 heavy (non-hydrogen) atoms. The molecule has 0 radical (unpaired) electrons. The Morgan fingerprint density at radius 1 is 1.75 bits per heavy atom. The van der Waals surface area contributed by atoms with Crippen molar-refractivity contribution < 1.29 is 5.11 Å². The van der Waals surface area contributed by atoms with E-state index in [1.807, 2.05) is 13.0 Å². The standard InChI is InChI=1S/C8H13ClN2O/c1-6(5-12)10-4-8-2-7(9)3-11-8/h2-3,6,10-12H,4-5H2,1H3. The molecule has 0 bridgehead atoms. The van der Waals surface area contributed by atoms with Crippen LogP contribution in [0.5, 0.6) is 0 Å². The minimum Gasteiger partial charge on any atom is -0.395 e. The zero-order chi connectivity index (χ0) is 8.97. The lowest BCUT2D eigenvalue weighted by atomic mass is 10.3. The van der Waals surface area contributed by atoms with E-state index in [1.54, 1.807) is 6.20 Å². The third-order valence-electron chi connectivity index (χ3n) is 1.62.